The molecule has 1 aromatic carbocycles. The second-order valence-corrected chi connectivity index (χ2v) is 4.86. The minimum absolute atomic E-state index is 0.0619. The topological polar surface area (TPSA) is 83.8 Å². The van der Waals surface area contributed by atoms with Crippen molar-refractivity contribution in [1.29, 1.82) is 0 Å². The number of pyridine rings is 1. The second kappa shape index (κ2) is 4.70. The first-order valence-electron chi connectivity index (χ1n) is 5.96. The van der Waals surface area contributed by atoms with Gasteiger partial charge in [-0.05, 0) is 35.9 Å². The summed E-state index contributed by atoms with van der Waals surface area (Å²) in [7, 11) is 0. The van der Waals surface area contributed by atoms with E-state index in [1.54, 1.807) is 34.9 Å². The lowest BCUT2D eigenvalue weighted by molar-refractivity contribution is 0.282. The number of aromatic nitrogens is 2. The van der Waals surface area contributed by atoms with Gasteiger partial charge in [0.25, 0.3) is 0 Å². The first kappa shape index (κ1) is 12.8. The van der Waals surface area contributed by atoms with Gasteiger partial charge in [-0.2, -0.15) is 0 Å². The maximum Gasteiger partial charge on any atom is 0.139 e. The maximum absolute atomic E-state index is 9.94. The normalized spacial score (nSPS) is 11.1. The van der Waals surface area contributed by atoms with E-state index in [9.17, 15) is 5.11 Å². The molecule has 6 heteroatoms. The standard InChI is InChI=1S/C14H12ClN3O2/c15-9-1-2-11(20)10(6-9)13-14(16)18-4-3-8(7-19)5-12(18)17-13/h1-6,19-20H,7,16H2. The zero-order valence-electron chi connectivity index (χ0n) is 10.4. The van der Waals surface area contributed by atoms with Gasteiger partial charge < -0.3 is 15.9 Å². The van der Waals surface area contributed by atoms with E-state index < -0.39 is 0 Å². The van der Waals surface area contributed by atoms with Crippen LogP contribution in [0.15, 0.2) is 36.5 Å². The van der Waals surface area contributed by atoms with Crippen molar-refractivity contribution >= 4 is 23.1 Å². The smallest absolute Gasteiger partial charge is 0.139 e. The van der Waals surface area contributed by atoms with E-state index in [2.05, 4.69) is 4.98 Å². The van der Waals surface area contributed by atoms with Crippen molar-refractivity contribution in [2.24, 2.45) is 0 Å². The first-order chi connectivity index (χ1) is 9.60. The van der Waals surface area contributed by atoms with Gasteiger partial charge >= 0.3 is 0 Å². The number of phenolic OH excluding ortho intramolecular Hbond substituents is 1. The summed E-state index contributed by atoms with van der Waals surface area (Å²) in [5.41, 5.74) is 8.34. The summed E-state index contributed by atoms with van der Waals surface area (Å²) in [6.45, 7) is -0.0684. The van der Waals surface area contributed by atoms with Crippen molar-refractivity contribution < 1.29 is 10.2 Å². The van der Waals surface area contributed by atoms with Crippen LogP contribution < -0.4 is 5.73 Å². The van der Waals surface area contributed by atoms with Gasteiger partial charge in [-0.25, -0.2) is 4.98 Å². The van der Waals surface area contributed by atoms with Gasteiger partial charge in [-0.15, -0.1) is 0 Å². The van der Waals surface area contributed by atoms with Gasteiger partial charge in [-0.3, -0.25) is 4.40 Å². The van der Waals surface area contributed by atoms with Crippen molar-refractivity contribution in [3.05, 3.63) is 47.1 Å². The second-order valence-electron chi connectivity index (χ2n) is 4.43. The molecule has 0 saturated carbocycles. The molecule has 0 radical (unpaired) electrons. The highest BCUT2D eigenvalue weighted by Crippen LogP contribution is 2.35. The molecule has 0 aliphatic rings. The molecule has 3 rings (SSSR count). The van der Waals surface area contributed by atoms with Crippen LogP contribution in [0.2, 0.25) is 5.02 Å². The van der Waals surface area contributed by atoms with Gasteiger partial charge in [0, 0.05) is 16.8 Å². The molecule has 0 unspecified atom stereocenters. The van der Waals surface area contributed by atoms with E-state index in [1.807, 2.05) is 0 Å². The lowest BCUT2D eigenvalue weighted by Gasteiger charge is -2.03. The molecular formula is C14H12ClN3O2. The SMILES string of the molecule is Nc1c(-c2cc(Cl)ccc2O)nc2cc(CO)ccn12. The third kappa shape index (κ3) is 1.97. The number of hydrogen-bond donors (Lipinski definition) is 3. The number of anilines is 1. The maximum atomic E-state index is 9.94. The Morgan fingerprint density at radius 3 is 2.80 bits per heavy atom. The predicted octanol–water partition coefficient (Wildman–Crippen LogP) is 2.43. The van der Waals surface area contributed by atoms with E-state index in [1.165, 1.54) is 6.07 Å². The number of aliphatic hydroxyl groups excluding tert-OH is 1. The van der Waals surface area contributed by atoms with Crippen molar-refractivity contribution in [3.8, 4) is 17.0 Å². The number of fused-ring (bicyclic) bond motifs is 1. The van der Waals surface area contributed by atoms with E-state index in [0.717, 1.165) is 5.56 Å². The van der Waals surface area contributed by atoms with Crippen LogP contribution in [0.4, 0.5) is 5.82 Å². The van der Waals surface area contributed by atoms with Gasteiger partial charge in [0.2, 0.25) is 0 Å². The molecule has 0 amide bonds. The number of nitrogens with two attached hydrogens (primary N) is 1. The summed E-state index contributed by atoms with van der Waals surface area (Å²) in [6, 6.07) is 8.20. The van der Waals surface area contributed by atoms with Crippen LogP contribution in [0.1, 0.15) is 5.56 Å². The van der Waals surface area contributed by atoms with Crippen LogP contribution in [0.5, 0.6) is 5.75 Å². The predicted molar refractivity (Wildman–Crippen MR) is 77.6 cm³/mol. The van der Waals surface area contributed by atoms with Crippen LogP contribution in [0.25, 0.3) is 16.9 Å². The fourth-order valence-corrected chi connectivity index (χ4v) is 2.27. The molecule has 0 fully saturated rings. The number of rotatable bonds is 2. The zero-order chi connectivity index (χ0) is 14.3. The number of aliphatic hydroxyl groups is 1. The Kier molecular flexibility index (Phi) is 3.00. The van der Waals surface area contributed by atoms with Crippen molar-refractivity contribution in [2.75, 3.05) is 5.73 Å². The van der Waals surface area contributed by atoms with Crippen LogP contribution in [0.3, 0.4) is 0 Å². The highest BCUT2D eigenvalue weighted by Gasteiger charge is 2.15. The molecule has 2 aromatic heterocycles. The summed E-state index contributed by atoms with van der Waals surface area (Å²) in [5.74, 6) is 0.467. The highest BCUT2D eigenvalue weighted by molar-refractivity contribution is 6.31. The van der Waals surface area contributed by atoms with Gasteiger partial charge in [0.05, 0.1) is 6.61 Å². The molecule has 0 bridgehead atoms. The van der Waals surface area contributed by atoms with Gasteiger partial charge in [-0.1, -0.05) is 11.6 Å². The third-order valence-electron chi connectivity index (χ3n) is 3.12. The Hall–Kier alpha value is -2.24. The molecule has 20 heavy (non-hydrogen) atoms. The number of benzene rings is 1. The van der Waals surface area contributed by atoms with E-state index >= 15 is 0 Å². The number of halogens is 1. The summed E-state index contributed by atoms with van der Waals surface area (Å²) in [4.78, 5) is 4.40. The summed E-state index contributed by atoms with van der Waals surface area (Å²) >= 11 is 5.95. The average Bonchev–Trinajstić information content (AvgIpc) is 2.78. The summed E-state index contributed by atoms with van der Waals surface area (Å²) in [5, 5.41) is 19.6. The molecule has 4 N–H and O–H groups in total. The molecule has 3 aromatic rings. The van der Waals surface area contributed by atoms with E-state index in [-0.39, 0.29) is 12.4 Å². The molecule has 0 aliphatic heterocycles. The number of nitrogen functional groups attached to an aromatic ring is 1. The molecule has 2 heterocycles. The van der Waals surface area contributed by atoms with Gasteiger partial charge in [0.1, 0.15) is 22.9 Å². The number of aromatic hydroxyl groups is 1. The van der Waals surface area contributed by atoms with Crippen LogP contribution in [-0.2, 0) is 6.61 Å². The molecule has 0 spiro atoms. The number of phenols is 1. The van der Waals surface area contributed by atoms with Crippen molar-refractivity contribution in [1.82, 2.24) is 9.38 Å². The summed E-state index contributed by atoms with van der Waals surface area (Å²) < 4.78 is 1.69. The van der Waals surface area contributed by atoms with E-state index in [4.69, 9.17) is 22.4 Å². The molecule has 0 saturated heterocycles. The Balaban J connectivity index is 2.26. The molecule has 5 nitrogen and oxygen atoms in total. The van der Waals surface area contributed by atoms with Crippen LogP contribution in [-0.4, -0.2) is 19.6 Å². The van der Waals surface area contributed by atoms with Gasteiger partial charge in [0.15, 0.2) is 0 Å². The number of nitrogens with zero attached hydrogens (tertiary/aromatic N) is 2. The molecular weight excluding hydrogens is 278 g/mol. The fraction of sp³-hybridized carbons (Fsp3) is 0.0714. The Bertz CT molecular complexity index is 798. The number of hydrogen-bond acceptors (Lipinski definition) is 4. The quantitative estimate of drug-likeness (QED) is 0.676. The summed E-state index contributed by atoms with van der Waals surface area (Å²) in [6.07, 6.45) is 1.73. The third-order valence-corrected chi connectivity index (χ3v) is 3.36. The Labute approximate surface area is 119 Å². The minimum Gasteiger partial charge on any atom is -0.507 e. The average molecular weight is 290 g/mol. The zero-order valence-corrected chi connectivity index (χ0v) is 11.2. The van der Waals surface area contributed by atoms with Crippen LogP contribution in [0, 0.1) is 0 Å². The van der Waals surface area contributed by atoms with Crippen LogP contribution >= 0.6 is 11.6 Å². The van der Waals surface area contributed by atoms with E-state index in [0.29, 0.717) is 27.7 Å². The lowest BCUT2D eigenvalue weighted by atomic mass is 10.1. The first-order valence-corrected chi connectivity index (χ1v) is 6.34. The molecule has 0 aliphatic carbocycles. The van der Waals surface area contributed by atoms with Crippen molar-refractivity contribution in [2.45, 2.75) is 6.61 Å². The lowest BCUT2D eigenvalue weighted by Crippen LogP contribution is -1.95. The fourth-order valence-electron chi connectivity index (χ4n) is 2.10. The highest BCUT2D eigenvalue weighted by atomic mass is 35.5. The monoisotopic (exact) mass is 289 g/mol. The minimum atomic E-state index is -0.0684. The Morgan fingerprint density at radius 1 is 1.25 bits per heavy atom. The largest absolute Gasteiger partial charge is 0.507 e. The Morgan fingerprint density at radius 2 is 2.05 bits per heavy atom. The molecule has 0 atom stereocenters. The van der Waals surface area contributed by atoms with Crippen molar-refractivity contribution in [3.63, 3.8) is 0 Å². The number of imidazole rings is 1. The molecule has 102 valence electrons.